The number of benzene rings is 2. The summed E-state index contributed by atoms with van der Waals surface area (Å²) in [5.74, 6) is -0.757. The molecule has 0 atom stereocenters. The minimum atomic E-state index is -0.380. The SMILES string of the molecule is CCCCCCCCCCCc1c2nc(c(CCCCCCCCCCC)c3ccc([nH]3)c(-c3ccc(C(=O)OC)cc3)c3ccc([nH]3)c(-c3ccc(C(=O)OC)cc3)c3nc1C=C3)C=C2. The lowest BCUT2D eigenvalue weighted by molar-refractivity contribution is 0.0592. The first-order chi connectivity index (χ1) is 32.4. The van der Waals surface area contributed by atoms with Gasteiger partial charge in [-0.25, -0.2) is 19.6 Å². The van der Waals surface area contributed by atoms with Crippen LogP contribution in [0.15, 0.2) is 72.8 Å². The molecule has 2 N–H and O–H groups in total. The normalized spacial score (nSPS) is 11.9. The quantitative estimate of drug-likeness (QED) is 0.0462. The van der Waals surface area contributed by atoms with Crippen molar-refractivity contribution >= 4 is 58.3 Å². The number of ether oxygens (including phenoxy) is 2. The van der Waals surface area contributed by atoms with Crippen LogP contribution in [0, 0.1) is 0 Å². The van der Waals surface area contributed by atoms with Gasteiger partial charge in [0.2, 0.25) is 0 Å². The summed E-state index contributed by atoms with van der Waals surface area (Å²) in [5.41, 5.74) is 14.7. The second kappa shape index (κ2) is 24.5. The van der Waals surface area contributed by atoms with Crippen LogP contribution in [0.1, 0.15) is 184 Å². The Morgan fingerprint density at radius 1 is 0.409 bits per heavy atom. The van der Waals surface area contributed by atoms with Crippen molar-refractivity contribution in [2.75, 3.05) is 14.2 Å². The number of unbranched alkanes of at least 4 members (excludes halogenated alkanes) is 16. The van der Waals surface area contributed by atoms with Gasteiger partial charge in [-0.15, -0.1) is 0 Å². The summed E-state index contributed by atoms with van der Waals surface area (Å²) >= 11 is 0. The van der Waals surface area contributed by atoms with Crippen LogP contribution in [-0.4, -0.2) is 46.1 Å². The van der Waals surface area contributed by atoms with Gasteiger partial charge in [-0.05, 0) is 110 Å². The Bertz CT molecular complexity index is 2630. The maximum absolute atomic E-state index is 12.5. The van der Waals surface area contributed by atoms with Crippen molar-refractivity contribution < 1.29 is 19.1 Å². The molecule has 0 spiro atoms. The van der Waals surface area contributed by atoms with Gasteiger partial charge in [-0.1, -0.05) is 141 Å². The fourth-order valence-electron chi connectivity index (χ4n) is 9.46. The molecule has 8 bridgehead atoms. The Labute approximate surface area is 392 Å². The Hall–Kier alpha value is -6.02. The average molecular weight is 887 g/mol. The average Bonchev–Trinajstić information content (AvgIpc) is 4.20. The third-order valence-electron chi connectivity index (χ3n) is 13.2. The highest BCUT2D eigenvalue weighted by atomic mass is 16.5. The van der Waals surface area contributed by atoms with Crippen LogP contribution in [0.5, 0.6) is 0 Å². The van der Waals surface area contributed by atoms with Crippen molar-refractivity contribution in [3.8, 4) is 22.3 Å². The molecule has 0 saturated carbocycles. The monoisotopic (exact) mass is 887 g/mol. The maximum atomic E-state index is 12.5. The van der Waals surface area contributed by atoms with E-state index in [1.807, 2.05) is 36.4 Å². The number of carbonyl (C=O) groups is 2. The molecule has 0 saturated heterocycles. The van der Waals surface area contributed by atoms with E-state index in [1.54, 1.807) is 12.1 Å². The van der Waals surface area contributed by atoms with Crippen LogP contribution < -0.4 is 0 Å². The summed E-state index contributed by atoms with van der Waals surface area (Å²) in [5, 5.41) is 0. The molecule has 0 radical (unpaired) electrons. The number of rotatable bonds is 24. The fourth-order valence-corrected chi connectivity index (χ4v) is 9.46. The number of nitrogens with zero attached hydrogens (tertiary/aromatic N) is 2. The van der Waals surface area contributed by atoms with Crippen molar-refractivity contribution in [3.63, 3.8) is 0 Å². The Morgan fingerprint density at radius 2 is 0.758 bits per heavy atom. The van der Waals surface area contributed by atoms with Gasteiger partial charge in [0.05, 0.1) is 48.1 Å². The van der Waals surface area contributed by atoms with Crippen LogP contribution in [-0.2, 0) is 22.3 Å². The van der Waals surface area contributed by atoms with E-state index < -0.39 is 0 Å². The van der Waals surface area contributed by atoms with Crippen LogP contribution in [0.2, 0.25) is 0 Å². The standard InChI is InChI=1S/C58H70N4O4/c1-5-7-9-11-13-15-17-19-21-23-45-47-33-34-48(59-47)46(24-22-20-18-16-14-12-10-8-6-2)50-36-38-52(61-50)56(42-27-31-44(32-28-42)58(64)66-4)54-40-39-53(62-54)55(51-37-35-49(45)60-51)41-25-29-43(30-26-41)57(63)65-3/h25-40,60,62H,5-24H2,1-4H3. The molecule has 5 aromatic rings. The largest absolute Gasteiger partial charge is 0.465 e. The lowest BCUT2D eigenvalue weighted by Gasteiger charge is -2.08. The molecule has 7 rings (SSSR count). The summed E-state index contributed by atoms with van der Waals surface area (Å²) < 4.78 is 10.1. The highest BCUT2D eigenvalue weighted by Gasteiger charge is 2.19. The summed E-state index contributed by atoms with van der Waals surface area (Å²) in [4.78, 5) is 43.6. The van der Waals surface area contributed by atoms with Gasteiger partial charge >= 0.3 is 11.9 Å². The van der Waals surface area contributed by atoms with E-state index in [1.165, 1.54) is 128 Å². The van der Waals surface area contributed by atoms with Gasteiger partial charge < -0.3 is 19.4 Å². The highest BCUT2D eigenvalue weighted by molar-refractivity contribution is 5.98. The number of aryl methyl sites for hydroxylation is 1. The third kappa shape index (κ3) is 12.2. The first-order valence-corrected chi connectivity index (χ1v) is 24.9. The van der Waals surface area contributed by atoms with Gasteiger partial charge in [-0.2, -0.15) is 0 Å². The van der Waals surface area contributed by atoms with Gasteiger partial charge in [0, 0.05) is 44.3 Å². The van der Waals surface area contributed by atoms with Crippen LogP contribution in [0.4, 0.5) is 0 Å². The summed E-state index contributed by atoms with van der Waals surface area (Å²) in [7, 11) is 2.80. The number of aromatic amines is 2. The molecule has 5 heterocycles. The van der Waals surface area contributed by atoms with Gasteiger partial charge in [0.15, 0.2) is 0 Å². The second-order valence-corrected chi connectivity index (χ2v) is 18.0. The van der Waals surface area contributed by atoms with Crippen molar-refractivity contribution in [1.82, 2.24) is 19.9 Å². The van der Waals surface area contributed by atoms with E-state index in [4.69, 9.17) is 19.4 Å². The Balaban J connectivity index is 1.38. The number of hydrogen-bond donors (Lipinski definition) is 2. The molecule has 66 heavy (non-hydrogen) atoms. The van der Waals surface area contributed by atoms with Crippen LogP contribution in [0.25, 0.3) is 68.6 Å². The molecule has 3 aromatic heterocycles. The highest BCUT2D eigenvalue weighted by Crippen LogP contribution is 2.36. The molecule has 0 amide bonds. The molecule has 2 aliphatic rings. The number of aromatic nitrogens is 4. The van der Waals surface area contributed by atoms with E-state index in [-0.39, 0.29) is 11.9 Å². The van der Waals surface area contributed by atoms with E-state index in [2.05, 4.69) is 72.4 Å². The first kappa shape index (κ1) is 47.9. The maximum Gasteiger partial charge on any atom is 0.337 e. The minimum absolute atomic E-state index is 0.376. The van der Waals surface area contributed by atoms with Crippen molar-refractivity contribution in [2.45, 2.75) is 142 Å². The lowest BCUT2D eigenvalue weighted by Crippen LogP contribution is -2.00. The number of nitrogens with one attached hydrogen (secondary N) is 2. The molecule has 346 valence electrons. The van der Waals surface area contributed by atoms with E-state index in [0.29, 0.717) is 11.1 Å². The number of hydrogen-bond acceptors (Lipinski definition) is 6. The van der Waals surface area contributed by atoms with E-state index in [0.717, 1.165) is 92.8 Å². The zero-order valence-electron chi connectivity index (χ0n) is 39.9. The predicted molar refractivity (Wildman–Crippen MR) is 274 cm³/mol. The predicted octanol–water partition coefficient (Wildman–Crippen LogP) is 15.7. The number of H-pyrrole nitrogens is 2. The van der Waals surface area contributed by atoms with Gasteiger partial charge in [0.25, 0.3) is 0 Å². The van der Waals surface area contributed by atoms with Crippen molar-refractivity contribution in [2.24, 2.45) is 0 Å². The number of methoxy groups -OCH3 is 2. The van der Waals surface area contributed by atoms with E-state index >= 15 is 0 Å². The zero-order valence-corrected chi connectivity index (χ0v) is 39.9. The smallest absolute Gasteiger partial charge is 0.337 e. The minimum Gasteiger partial charge on any atom is -0.465 e. The van der Waals surface area contributed by atoms with Crippen molar-refractivity contribution in [1.29, 1.82) is 0 Å². The third-order valence-corrected chi connectivity index (χ3v) is 13.2. The second-order valence-electron chi connectivity index (χ2n) is 18.0. The number of fused-ring (bicyclic) bond motifs is 8. The molecule has 0 aliphatic carbocycles. The Kier molecular flexibility index (Phi) is 17.8. The van der Waals surface area contributed by atoms with Gasteiger partial charge in [-0.3, -0.25) is 0 Å². The summed E-state index contributed by atoms with van der Waals surface area (Å²) in [6.07, 6.45) is 33.3. The van der Waals surface area contributed by atoms with Gasteiger partial charge in [0.1, 0.15) is 0 Å². The molecule has 0 unspecified atom stereocenters. The summed E-state index contributed by atoms with van der Waals surface area (Å²) in [6.45, 7) is 4.55. The topological polar surface area (TPSA) is 110 Å². The molecule has 8 nitrogen and oxygen atoms in total. The molecular formula is C58H70N4O4. The van der Waals surface area contributed by atoms with E-state index in [9.17, 15) is 9.59 Å². The Morgan fingerprint density at radius 3 is 1.23 bits per heavy atom. The fraction of sp³-hybridized carbons (Fsp3) is 0.414. The number of carbonyl (C=O) groups excluding carboxylic acids is 2. The van der Waals surface area contributed by atoms with Crippen molar-refractivity contribution in [3.05, 3.63) is 118 Å². The molecule has 8 heteroatoms. The summed E-state index contributed by atoms with van der Waals surface area (Å²) in [6, 6.07) is 23.7. The number of esters is 2. The molecular weight excluding hydrogens is 817 g/mol. The lowest BCUT2D eigenvalue weighted by atomic mass is 10.0. The first-order valence-electron chi connectivity index (χ1n) is 24.9. The molecule has 2 aliphatic heterocycles. The van der Waals surface area contributed by atoms with Crippen LogP contribution in [0.3, 0.4) is 0 Å². The molecule has 2 aromatic carbocycles. The van der Waals surface area contributed by atoms with Crippen LogP contribution >= 0.6 is 0 Å². The zero-order chi connectivity index (χ0) is 46.1. The molecule has 0 fully saturated rings.